The minimum Gasteiger partial charge on any atom is -0.369 e. The van der Waals surface area contributed by atoms with Gasteiger partial charge in [-0.25, -0.2) is 0 Å². The molecule has 1 fully saturated rings. The number of amides is 2. The quantitative estimate of drug-likeness (QED) is 0.837. The van der Waals surface area contributed by atoms with Crippen molar-refractivity contribution in [3.05, 3.63) is 71.8 Å². The highest BCUT2D eigenvalue weighted by atomic mass is 16.2. The molecule has 0 aromatic heterocycles. The number of likely N-dealkylation sites (tertiary alicyclic amines) is 1. The van der Waals surface area contributed by atoms with Crippen LogP contribution in [0.15, 0.2) is 60.7 Å². The fourth-order valence-corrected chi connectivity index (χ4v) is 4.45. The molecule has 2 aromatic rings. The molecule has 2 N–H and O–H groups in total. The van der Waals surface area contributed by atoms with Crippen LogP contribution >= 0.6 is 0 Å². The highest BCUT2D eigenvalue weighted by Gasteiger charge is 2.48. The summed E-state index contributed by atoms with van der Waals surface area (Å²) in [5.41, 5.74) is 6.94. The molecule has 1 aliphatic rings. The highest BCUT2D eigenvalue weighted by Crippen LogP contribution is 2.43. The van der Waals surface area contributed by atoms with Crippen molar-refractivity contribution in [1.29, 1.82) is 0 Å². The third kappa shape index (κ3) is 3.80. The Hall–Kier alpha value is -2.66. The number of carbonyl (C=O) groups is 2. The molecule has 2 amide bonds. The number of rotatable bonds is 6. The Bertz CT molecular complexity index is 766. The topological polar surface area (TPSA) is 66.6 Å². The maximum Gasteiger partial charge on any atom is 0.236 e. The van der Waals surface area contributed by atoms with Gasteiger partial charge in [-0.05, 0) is 44.0 Å². The van der Waals surface area contributed by atoms with E-state index in [1.165, 1.54) is 0 Å². The Morgan fingerprint density at radius 1 is 1.04 bits per heavy atom. The number of nitrogens with two attached hydrogens (primary N) is 1. The molecule has 148 valence electrons. The lowest BCUT2D eigenvalue weighted by Gasteiger charge is -2.44. The summed E-state index contributed by atoms with van der Waals surface area (Å²) in [6, 6.07) is 19.5. The molecule has 1 unspecified atom stereocenters. The van der Waals surface area contributed by atoms with Gasteiger partial charge in [0.15, 0.2) is 0 Å². The lowest BCUT2D eigenvalue weighted by Crippen LogP contribution is -2.55. The maximum atomic E-state index is 13.1. The van der Waals surface area contributed by atoms with Gasteiger partial charge in [0.1, 0.15) is 5.41 Å². The molecule has 0 bridgehead atoms. The Kier molecular flexibility index (Phi) is 6.15. The number of carbonyl (C=O) groups excluding carboxylic acids is 2. The molecule has 0 spiro atoms. The number of likely N-dealkylation sites (N-methyl/N-ethyl adjacent to an activating group) is 1. The lowest BCUT2D eigenvalue weighted by molar-refractivity contribution is -0.136. The summed E-state index contributed by atoms with van der Waals surface area (Å²) in [7, 11) is 3.78. The summed E-state index contributed by atoms with van der Waals surface area (Å²) in [5, 5.41) is 0. The fourth-order valence-electron chi connectivity index (χ4n) is 4.45. The molecule has 5 heteroatoms. The highest BCUT2D eigenvalue weighted by molar-refractivity contribution is 5.91. The van der Waals surface area contributed by atoms with Gasteiger partial charge in [-0.15, -0.1) is 0 Å². The predicted molar refractivity (Wildman–Crippen MR) is 111 cm³/mol. The Morgan fingerprint density at radius 3 is 2.04 bits per heavy atom. The summed E-state index contributed by atoms with van der Waals surface area (Å²) in [6.07, 6.45) is 1.71. The molecule has 5 nitrogen and oxygen atoms in total. The Labute approximate surface area is 167 Å². The van der Waals surface area contributed by atoms with E-state index in [4.69, 9.17) is 5.73 Å². The van der Waals surface area contributed by atoms with E-state index in [-0.39, 0.29) is 17.7 Å². The van der Waals surface area contributed by atoms with E-state index in [1.54, 1.807) is 0 Å². The van der Waals surface area contributed by atoms with Gasteiger partial charge in [0, 0.05) is 13.1 Å². The van der Waals surface area contributed by atoms with Crippen molar-refractivity contribution in [3.8, 4) is 0 Å². The number of nitrogens with zero attached hydrogens (tertiary/aromatic N) is 2. The van der Waals surface area contributed by atoms with Crippen LogP contribution in [0.2, 0.25) is 0 Å². The van der Waals surface area contributed by atoms with Crippen molar-refractivity contribution in [3.63, 3.8) is 0 Å². The van der Waals surface area contributed by atoms with Crippen molar-refractivity contribution in [2.24, 2.45) is 11.7 Å². The van der Waals surface area contributed by atoms with E-state index >= 15 is 0 Å². The monoisotopic (exact) mass is 379 g/mol. The fraction of sp³-hybridized carbons (Fsp3) is 0.391. The minimum atomic E-state index is -0.959. The van der Waals surface area contributed by atoms with E-state index in [0.717, 1.165) is 30.5 Å². The van der Waals surface area contributed by atoms with Crippen LogP contribution in [0.1, 0.15) is 24.0 Å². The van der Waals surface area contributed by atoms with E-state index in [1.807, 2.05) is 84.6 Å². The summed E-state index contributed by atoms with van der Waals surface area (Å²) in [5.74, 6) is -0.347. The molecular formula is C23H29N3O2. The normalized spacial score (nSPS) is 17.5. The predicted octanol–water partition coefficient (Wildman–Crippen LogP) is 2.26. The Balaban J connectivity index is 2.07. The standard InChI is InChI=1S/C23H29N3O2/c1-25(2)17-21(27)26-15-9-14-20(16-26)23(22(24)28,18-10-5-3-6-11-18)19-12-7-4-8-13-19/h3-8,10-13,20H,9,14-17H2,1-2H3,(H2,24,28). The molecule has 1 heterocycles. The number of primary amides is 1. The number of hydrogen-bond acceptors (Lipinski definition) is 3. The largest absolute Gasteiger partial charge is 0.369 e. The smallest absolute Gasteiger partial charge is 0.236 e. The van der Waals surface area contributed by atoms with E-state index in [9.17, 15) is 9.59 Å². The first kappa shape index (κ1) is 20.1. The van der Waals surface area contributed by atoms with Gasteiger partial charge >= 0.3 is 0 Å². The van der Waals surface area contributed by atoms with Crippen LogP contribution in [0.4, 0.5) is 0 Å². The average molecular weight is 380 g/mol. The molecule has 28 heavy (non-hydrogen) atoms. The second-order valence-electron chi connectivity index (χ2n) is 7.82. The van der Waals surface area contributed by atoms with Crippen LogP contribution in [-0.2, 0) is 15.0 Å². The number of hydrogen-bond donors (Lipinski definition) is 1. The van der Waals surface area contributed by atoms with Crippen LogP contribution in [-0.4, -0.2) is 55.3 Å². The summed E-state index contributed by atoms with van der Waals surface area (Å²) in [6.45, 7) is 1.62. The third-order valence-corrected chi connectivity index (χ3v) is 5.68. The van der Waals surface area contributed by atoms with E-state index < -0.39 is 5.41 Å². The maximum absolute atomic E-state index is 13.1. The van der Waals surface area contributed by atoms with Crippen molar-refractivity contribution >= 4 is 11.8 Å². The zero-order valence-electron chi connectivity index (χ0n) is 16.7. The van der Waals surface area contributed by atoms with Crippen LogP contribution < -0.4 is 5.73 Å². The first-order valence-corrected chi connectivity index (χ1v) is 9.79. The van der Waals surface area contributed by atoms with Gasteiger partial charge in [0.25, 0.3) is 0 Å². The second kappa shape index (κ2) is 8.57. The SMILES string of the molecule is CN(C)CC(=O)N1CCCC(C(C(N)=O)(c2ccccc2)c2ccccc2)C1. The molecule has 1 saturated heterocycles. The molecule has 2 aromatic carbocycles. The van der Waals surface area contributed by atoms with Crippen LogP contribution in [0, 0.1) is 5.92 Å². The average Bonchev–Trinajstić information content (AvgIpc) is 2.70. The molecule has 0 radical (unpaired) electrons. The zero-order valence-corrected chi connectivity index (χ0v) is 16.7. The summed E-state index contributed by atoms with van der Waals surface area (Å²) < 4.78 is 0. The van der Waals surface area contributed by atoms with Crippen molar-refractivity contribution < 1.29 is 9.59 Å². The molecule has 3 rings (SSSR count). The third-order valence-electron chi connectivity index (χ3n) is 5.68. The Morgan fingerprint density at radius 2 is 1.57 bits per heavy atom. The molecule has 1 atom stereocenters. The lowest BCUT2D eigenvalue weighted by atomic mass is 9.63. The van der Waals surface area contributed by atoms with Crippen LogP contribution in [0.25, 0.3) is 0 Å². The molecule has 0 aliphatic carbocycles. The van der Waals surface area contributed by atoms with Crippen LogP contribution in [0.5, 0.6) is 0 Å². The van der Waals surface area contributed by atoms with Gasteiger partial charge < -0.3 is 15.5 Å². The van der Waals surface area contributed by atoms with Crippen LogP contribution in [0.3, 0.4) is 0 Å². The van der Waals surface area contributed by atoms with Gasteiger partial charge in [0.05, 0.1) is 6.54 Å². The van der Waals surface area contributed by atoms with Crippen molar-refractivity contribution in [2.75, 3.05) is 33.7 Å². The summed E-state index contributed by atoms with van der Waals surface area (Å²) in [4.78, 5) is 29.5. The van der Waals surface area contributed by atoms with E-state index in [2.05, 4.69) is 0 Å². The summed E-state index contributed by atoms with van der Waals surface area (Å²) >= 11 is 0. The van der Waals surface area contributed by atoms with Gasteiger partial charge in [-0.2, -0.15) is 0 Å². The van der Waals surface area contributed by atoms with Crippen molar-refractivity contribution in [1.82, 2.24) is 9.80 Å². The van der Waals surface area contributed by atoms with Gasteiger partial charge in [0.2, 0.25) is 11.8 Å². The zero-order chi connectivity index (χ0) is 20.1. The molecular weight excluding hydrogens is 350 g/mol. The first-order chi connectivity index (χ1) is 13.5. The van der Waals surface area contributed by atoms with Crippen molar-refractivity contribution in [2.45, 2.75) is 18.3 Å². The number of piperidine rings is 1. The molecule has 1 aliphatic heterocycles. The second-order valence-corrected chi connectivity index (χ2v) is 7.82. The first-order valence-electron chi connectivity index (χ1n) is 9.79. The number of benzene rings is 2. The molecule has 0 saturated carbocycles. The van der Waals surface area contributed by atoms with E-state index in [0.29, 0.717) is 13.1 Å². The van der Waals surface area contributed by atoms with Gasteiger partial charge in [-0.3, -0.25) is 9.59 Å². The van der Waals surface area contributed by atoms with Gasteiger partial charge in [-0.1, -0.05) is 60.7 Å². The minimum absolute atomic E-state index is 0.0744.